The first-order valence-electron chi connectivity index (χ1n) is 5.53. The van der Waals surface area contributed by atoms with Crippen molar-refractivity contribution in [3.8, 4) is 0 Å². The van der Waals surface area contributed by atoms with Crippen molar-refractivity contribution in [2.24, 2.45) is 0 Å². The molecule has 2 heterocycles. The van der Waals surface area contributed by atoms with Gasteiger partial charge in [0.25, 0.3) is 0 Å². The molecule has 0 aromatic carbocycles. The number of furan rings is 1. The van der Waals surface area contributed by atoms with Crippen LogP contribution in [0, 0.1) is 6.92 Å². The van der Waals surface area contributed by atoms with Gasteiger partial charge in [-0.1, -0.05) is 6.92 Å². The van der Waals surface area contributed by atoms with Crippen LogP contribution < -0.4 is 5.32 Å². The topological polar surface area (TPSA) is 25.2 Å². The highest BCUT2D eigenvalue weighted by molar-refractivity contribution is 7.07. The summed E-state index contributed by atoms with van der Waals surface area (Å²) in [7, 11) is 0. The van der Waals surface area contributed by atoms with Crippen LogP contribution in [0.15, 0.2) is 33.6 Å². The molecule has 3 heteroatoms. The van der Waals surface area contributed by atoms with E-state index in [1.165, 1.54) is 11.1 Å². The average Bonchev–Trinajstić information content (AvgIpc) is 2.90. The van der Waals surface area contributed by atoms with Crippen LogP contribution in [-0.2, 0) is 6.54 Å². The fourth-order valence-electron chi connectivity index (χ4n) is 1.66. The summed E-state index contributed by atoms with van der Waals surface area (Å²) in [6.45, 7) is 6.11. The molecule has 0 aliphatic rings. The second-order valence-corrected chi connectivity index (χ2v) is 4.90. The van der Waals surface area contributed by atoms with Gasteiger partial charge in [-0.3, -0.25) is 0 Å². The lowest BCUT2D eigenvalue weighted by Gasteiger charge is -2.10. The first-order chi connectivity index (χ1) is 7.77. The van der Waals surface area contributed by atoms with E-state index in [0.29, 0.717) is 5.92 Å². The average molecular weight is 235 g/mol. The number of hydrogen-bond acceptors (Lipinski definition) is 3. The molecule has 2 aromatic rings. The molecule has 0 aliphatic carbocycles. The molecule has 0 radical (unpaired) electrons. The van der Waals surface area contributed by atoms with Crippen molar-refractivity contribution in [3.05, 3.63) is 46.0 Å². The lowest BCUT2D eigenvalue weighted by molar-refractivity contribution is 0.474. The standard InChI is InChI=1S/C13H17NOS/c1-10-3-5-15-13(10)8-14-7-11(2)12-4-6-16-9-12/h3-6,9,11,14H,7-8H2,1-2H3. The summed E-state index contributed by atoms with van der Waals surface area (Å²) in [6.07, 6.45) is 1.74. The first-order valence-corrected chi connectivity index (χ1v) is 6.47. The Labute approximate surface area is 100 Å². The molecule has 0 fully saturated rings. The maximum Gasteiger partial charge on any atom is 0.120 e. The maximum absolute atomic E-state index is 5.38. The van der Waals surface area contributed by atoms with Gasteiger partial charge in [0.05, 0.1) is 12.8 Å². The van der Waals surface area contributed by atoms with Crippen molar-refractivity contribution >= 4 is 11.3 Å². The van der Waals surface area contributed by atoms with Crippen molar-refractivity contribution in [2.45, 2.75) is 26.3 Å². The highest BCUT2D eigenvalue weighted by Crippen LogP contribution is 2.17. The smallest absolute Gasteiger partial charge is 0.120 e. The number of rotatable bonds is 5. The molecule has 0 bridgehead atoms. The Balaban J connectivity index is 1.78. The molecule has 2 nitrogen and oxygen atoms in total. The molecular weight excluding hydrogens is 218 g/mol. The molecule has 2 aromatic heterocycles. The summed E-state index contributed by atoms with van der Waals surface area (Å²) in [4.78, 5) is 0. The Morgan fingerprint density at radius 3 is 2.94 bits per heavy atom. The quantitative estimate of drug-likeness (QED) is 0.857. The van der Waals surface area contributed by atoms with Crippen LogP contribution in [0.1, 0.15) is 29.7 Å². The molecule has 2 rings (SSSR count). The Bertz CT molecular complexity index is 419. The van der Waals surface area contributed by atoms with Crippen molar-refractivity contribution in [2.75, 3.05) is 6.54 Å². The van der Waals surface area contributed by atoms with Crippen molar-refractivity contribution in [1.29, 1.82) is 0 Å². The van der Waals surface area contributed by atoms with Gasteiger partial charge in [-0.05, 0) is 46.9 Å². The SMILES string of the molecule is Cc1ccoc1CNCC(C)c1ccsc1. The molecule has 1 N–H and O–H groups in total. The Morgan fingerprint density at radius 1 is 1.44 bits per heavy atom. The van der Waals surface area contributed by atoms with Crippen LogP contribution in [0.4, 0.5) is 0 Å². The van der Waals surface area contributed by atoms with E-state index in [2.05, 4.69) is 36.0 Å². The molecule has 1 unspecified atom stereocenters. The molecular formula is C13H17NOS. The Kier molecular flexibility index (Phi) is 3.80. The molecule has 0 saturated heterocycles. The summed E-state index contributed by atoms with van der Waals surface area (Å²) >= 11 is 1.76. The second-order valence-electron chi connectivity index (χ2n) is 4.12. The van der Waals surface area contributed by atoms with Gasteiger partial charge in [-0.25, -0.2) is 0 Å². The van der Waals surface area contributed by atoms with E-state index in [-0.39, 0.29) is 0 Å². The molecule has 86 valence electrons. The molecule has 0 aliphatic heterocycles. The number of aryl methyl sites for hydroxylation is 1. The summed E-state index contributed by atoms with van der Waals surface area (Å²) in [6, 6.07) is 4.19. The summed E-state index contributed by atoms with van der Waals surface area (Å²) in [5, 5.41) is 7.77. The van der Waals surface area contributed by atoms with E-state index >= 15 is 0 Å². The zero-order chi connectivity index (χ0) is 11.4. The maximum atomic E-state index is 5.38. The Morgan fingerprint density at radius 2 is 2.31 bits per heavy atom. The lowest BCUT2D eigenvalue weighted by atomic mass is 10.1. The van der Waals surface area contributed by atoms with E-state index in [9.17, 15) is 0 Å². The monoisotopic (exact) mass is 235 g/mol. The van der Waals surface area contributed by atoms with Crippen LogP contribution in [0.2, 0.25) is 0 Å². The molecule has 1 atom stereocenters. The normalized spacial score (nSPS) is 12.9. The van der Waals surface area contributed by atoms with E-state index in [4.69, 9.17) is 4.42 Å². The van der Waals surface area contributed by atoms with Gasteiger partial charge in [0.2, 0.25) is 0 Å². The van der Waals surface area contributed by atoms with Crippen LogP contribution in [0.3, 0.4) is 0 Å². The lowest BCUT2D eigenvalue weighted by Crippen LogP contribution is -2.19. The number of thiophene rings is 1. The van der Waals surface area contributed by atoms with Gasteiger partial charge >= 0.3 is 0 Å². The summed E-state index contributed by atoms with van der Waals surface area (Å²) in [5.41, 5.74) is 2.63. The van der Waals surface area contributed by atoms with Gasteiger partial charge in [0, 0.05) is 6.54 Å². The Hall–Kier alpha value is -1.06. The minimum atomic E-state index is 0.557. The fourth-order valence-corrected chi connectivity index (χ4v) is 2.44. The first kappa shape index (κ1) is 11.4. The second kappa shape index (κ2) is 5.32. The fraction of sp³-hybridized carbons (Fsp3) is 0.385. The van der Waals surface area contributed by atoms with Gasteiger partial charge < -0.3 is 9.73 Å². The van der Waals surface area contributed by atoms with Gasteiger partial charge in [-0.2, -0.15) is 11.3 Å². The molecule has 0 saturated carbocycles. The number of hydrogen-bond donors (Lipinski definition) is 1. The summed E-state index contributed by atoms with van der Waals surface area (Å²) in [5.74, 6) is 1.60. The van der Waals surface area contributed by atoms with Crippen LogP contribution in [0.5, 0.6) is 0 Å². The predicted octanol–water partition coefficient (Wildman–Crippen LogP) is 3.54. The zero-order valence-electron chi connectivity index (χ0n) is 9.69. The van der Waals surface area contributed by atoms with Crippen molar-refractivity contribution in [1.82, 2.24) is 5.32 Å². The van der Waals surface area contributed by atoms with Gasteiger partial charge in [0.15, 0.2) is 0 Å². The summed E-state index contributed by atoms with van der Waals surface area (Å²) < 4.78 is 5.38. The molecule has 16 heavy (non-hydrogen) atoms. The van der Waals surface area contributed by atoms with Crippen LogP contribution in [0.25, 0.3) is 0 Å². The molecule has 0 spiro atoms. The van der Waals surface area contributed by atoms with Crippen molar-refractivity contribution in [3.63, 3.8) is 0 Å². The highest BCUT2D eigenvalue weighted by Gasteiger charge is 2.06. The van der Waals surface area contributed by atoms with Crippen molar-refractivity contribution < 1.29 is 4.42 Å². The highest BCUT2D eigenvalue weighted by atomic mass is 32.1. The third-order valence-electron chi connectivity index (χ3n) is 2.82. The van der Waals surface area contributed by atoms with Crippen LogP contribution in [-0.4, -0.2) is 6.54 Å². The minimum absolute atomic E-state index is 0.557. The van der Waals surface area contributed by atoms with E-state index in [0.717, 1.165) is 18.8 Å². The van der Waals surface area contributed by atoms with E-state index in [1.54, 1.807) is 17.6 Å². The van der Waals surface area contributed by atoms with Gasteiger partial charge in [-0.15, -0.1) is 0 Å². The number of nitrogens with one attached hydrogen (secondary N) is 1. The van der Waals surface area contributed by atoms with E-state index in [1.807, 2.05) is 6.07 Å². The van der Waals surface area contributed by atoms with E-state index < -0.39 is 0 Å². The largest absolute Gasteiger partial charge is 0.468 e. The van der Waals surface area contributed by atoms with Crippen LogP contribution >= 0.6 is 11.3 Å². The predicted molar refractivity (Wildman–Crippen MR) is 67.9 cm³/mol. The third-order valence-corrected chi connectivity index (χ3v) is 3.52. The molecule has 0 amide bonds. The van der Waals surface area contributed by atoms with Gasteiger partial charge in [0.1, 0.15) is 5.76 Å². The zero-order valence-corrected chi connectivity index (χ0v) is 10.5. The third kappa shape index (κ3) is 2.74. The minimum Gasteiger partial charge on any atom is -0.468 e.